The highest BCUT2D eigenvalue weighted by molar-refractivity contribution is 7.92. The van der Waals surface area contributed by atoms with Crippen LogP contribution in [0.25, 0.3) is 33.4 Å². The van der Waals surface area contributed by atoms with Crippen LogP contribution < -0.4 is 15.8 Å². The van der Waals surface area contributed by atoms with Gasteiger partial charge < -0.3 is 15.5 Å². The summed E-state index contributed by atoms with van der Waals surface area (Å²) >= 11 is 0. The molecule has 1 aromatic heterocycles. The zero-order valence-electron chi connectivity index (χ0n) is 23.7. The average molecular weight is 616 g/mol. The monoisotopic (exact) mass is 615 g/mol. The summed E-state index contributed by atoms with van der Waals surface area (Å²) in [6.07, 6.45) is 2.44. The fourth-order valence-corrected chi connectivity index (χ4v) is 6.20. The highest BCUT2D eigenvalue weighted by Gasteiger charge is 2.45. The Hall–Kier alpha value is -5.03. The van der Waals surface area contributed by atoms with Gasteiger partial charge in [-0.1, -0.05) is 30.3 Å². The highest BCUT2D eigenvalue weighted by atomic mass is 32.2. The van der Waals surface area contributed by atoms with Gasteiger partial charge >= 0.3 is 0 Å². The van der Waals surface area contributed by atoms with E-state index in [-0.39, 0.29) is 50.2 Å². The lowest BCUT2D eigenvalue weighted by Gasteiger charge is -2.19. The normalized spacial score (nSPS) is 13.9. The number of sulfonamides is 1. The Labute approximate surface area is 251 Å². The van der Waals surface area contributed by atoms with E-state index < -0.39 is 39.0 Å². The smallest absolute Gasteiger partial charge is 0.253 e. The van der Waals surface area contributed by atoms with E-state index in [2.05, 4.69) is 10.0 Å². The molecule has 1 aliphatic rings. The molecule has 0 aliphatic heterocycles. The largest absolute Gasteiger partial charge is 0.455 e. The van der Waals surface area contributed by atoms with Crippen molar-refractivity contribution in [3.63, 3.8) is 0 Å². The summed E-state index contributed by atoms with van der Waals surface area (Å²) in [6, 6.07) is 19.9. The Morgan fingerprint density at radius 2 is 1.64 bits per heavy atom. The Kier molecular flexibility index (Phi) is 7.00. The molecule has 0 atom stereocenters. The van der Waals surface area contributed by atoms with Crippen molar-refractivity contribution in [3.8, 4) is 22.5 Å². The molecule has 0 radical (unpaired) electrons. The van der Waals surface area contributed by atoms with Crippen molar-refractivity contribution in [3.05, 3.63) is 113 Å². The molecule has 0 bridgehead atoms. The second kappa shape index (κ2) is 10.6. The van der Waals surface area contributed by atoms with Crippen molar-refractivity contribution < 1.29 is 31.2 Å². The van der Waals surface area contributed by atoms with E-state index in [0.29, 0.717) is 5.56 Å². The van der Waals surface area contributed by atoms with E-state index in [1.54, 1.807) is 6.92 Å². The lowest BCUT2D eigenvalue weighted by Crippen LogP contribution is -2.34. The number of carbonyl (C=O) groups is 2. The molecule has 0 spiro atoms. The minimum Gasteiger partial charge on any atom is -0.455 e. The Bertz CT molecular complexity index is 2070. The van der Waals surface area contributed by atoms with Crippen molar-refractivity contribution in [1.29, 1.82) is 0 Å². The molecule has 6 rings (SSSR count). The van der Waals surface area contributed by atoms with Crippen LogP contribution in [0.5, 0.6) is 0 Å². The van der Waals surface area contributed by atoms with Gasteiger partial charge in [-0.05, 0) is 73.4 Å². The van der Waals surface area contributed by atoms with Gasteiger partial charge in [-0.15, -0.1) is 0 Å². The van der Waals surface area contributed by atoms with Crippen molar-refractivity contribution in [2.45, 2.75) is 25.3 Å². The van der Waals surface area contributed by atoms with Crippen molar-refractivity contribution in [1.82, 2.24) is 5.32 Å². The maximum Gasteiger partial charge on any atom is 0.253 e. The number of primary amides is 1. The van der Waals surface area contributed by atoms with Crippen LogP contribution in [0.3, 0.4) is 0 Å². The molecule has 0 saturated heterocycles. The first-order valence-corrected chi connectivity index (χ1v) is 15.6. The molecule has 1 fully saturated rings. The molecular formula is C33H27F2N3O5S. The minimum absolute atomic E-state index is 0.0349. The summed E-state index contributed by atoms with van der Waals surface area (Å²) in [5.74, 6) is -2.47. The molecule has 224 valence electrons. The summed E-state index contributed by atoms with van der Waals surface area (Å²) in [6.45, 7) is 1.57. The van der Waals surface area contributed by atoms with Crippen LogP contribution in [-0.2, 0) is 15.6 Å². The second-order valence-corrected chi connectivity index (χ2v) is 12.7. The number of nitrogens with two attached hydrogens (primary N) is 1. The molecule has 1 saturated carbocycles. The molecule has 0 unspecified atom stereocenters. The topological polar surface area (TPSA) is 132 Å². The van der Waals surface area contributed by atoms with Gasteiger partial charge in [0.25, 0.3) is 11.8 Å². The number of hydrogen-bond acceptors (Lipinski definition) is 5. The van der Waals surface area contributed by atoms with E-state index >= 15 is 4.39 Å². The van der Waals surface area contributed by atoms with Gasteiger partial charge in [0.15, 0.2) is 0 Å². The third-order valence-electron chi connectivity index (χ3n) is 7.81. The van der Waals surface area contributed by atoms with Crippen LogP contribution >= 0.6 is 0 Å². The lowest BCUT2D eigenvalue weighted by atomic mass is 9.92. The summed E-state index contributed by atoms with van der Waals surface area (Å²) in [4.78, 5) is 26.2. The predicted molar refractivity (Wildman–Crippen MR) is 164 cm³/mol. The average Bonchev–Trinajstić information content (AvgIpc) is 3.65. The first kappa shape index (κ1) is 29.1. The summed E-state index contributed by atoms with van der Waals surface area (Å²) in [5.41, 5.74) is 7.05. The van der Waals surface area contributed by atoms with Gasteiger partial charge in [0, 0.05) is 33.7 Å². The molecule has 4 aromatic carbocycles. The molecule has 5 aromatic rings. The fourth-order valence-electron chi connectivity index (χ4n) is 5.64. The van der Waals surface area contributed by atoms with E-state index in [0.717, 1.165) is 30.7 Å². The highest BCUT2D eigenvalue weighted by Crippen LogP contribution is 2.46. The van der Waals surface area contributed by atoms with Crippen LogP contribution in [-0.4, -0.2) is 26.5 Å². The molecular weight excluding hydrogens is 588 g/mol. The molecule has 8 nitrogen and oxygen atoms in total. The van der Waals surface area contributed by atoms with E-state index in [1.165, 1.54) is 42.5 Å². The van der Waals surface area contributed by atoms with E-state index in [9.17, 15) is 22.4 Å². The number of nitrogens with one attached hydrogen (secondary N) is 2. The number of aryl methyl sites for hydroxylation is 1. The van der Waals surface area contributed by atoms with Crippen LogP contribution in [0.15, 0.2) is 83.3 Å². The molecule has 1 aliphatic carbocycles. The maximum atomic E-state index is 15.6. The second-order valence-electron chi connectivity index (χ2n) is 10.9. The summed E-state index contributed by atoms with van der Waals surface area (Å²) < 4.78 is 62.5. The number of furan rings is 1. The summed E-state index contributed by atoms with van der Waals surface area (Å²) in [7, 11) is -3.88. The van der Waals surface area contributed by atoms with E-state index in [4.69, 9.17) is 10.2 Å². The minimum atomic E-state index is -3.88. The number of anilines is 1. The van der Waals surface area contributed by atoms with Crippen LogP contribution in [0, 0.1) is 18.6 Å². The third kappa shape index (κ3) is 5.30. The van der Waals surface area contributed by atoms with Crippen LogP contribution in [0.4, 0.5) is 14.5 Å². The number of fused-ring (bicyclic) bond motifs is 1. The number of carbonyl (C=O) groups excluding carboxylic acids is 2. The molecule has 11 heteroatoms. The Morgan fingerprint density at radius 3 is 2.25 bits per heavy atom. The molecule has 2 amide bonds. The van der Waals surface area contributed by atoms with Crippen LogP contribution in [0.2, 0.25) is 0 Å². The summed E-state index contributed by atoms with van der Waals surface area (Å²) in [5, 5.41) is 3.29. The molecule has 4 N–H and O–H groups in total. The van der Waals surface area contributed by atoms with Gasteiger partial charge in [-0.3, -0.25) is 14.3 Å². The number of amides is 2. The van der Waals surface area contributed by atoms with Gasteiger partial charge in [-0.25, -0.2) is 17.2 Å². The van der Waals surface area contributed by atoms with Crippen molar-refractivity contribution >= 4 is 38.5 Å². The number of rotatable bonds is 8. The predicted octanol–water partition coefficient (Wildman–Crippen LogP) is 6.24. The Balaban J connectivity index is 1.53. The Morgan fingerprint density at radius 1 is 0.955 bits per heavy atom. The third-order valence-corrected chi connectivity index (χ3v) is 8.40. The fraction of sp³-hybridized carbons (Fsp3) is 0.152. The molecule has 1 heterocycles. The van der Waals surface area contributed by atoms with Gasteiger partial charge in [-0.2, -0.15) is 0 Å². The maximum absolute atomic E-state index is 15.6. The zero-order valence-corrected chi connectivity index (χ0v) is 24.5. The van der Waals surface area contributed by atoms with Gasteiger partial charge in [0.05, 0.1) is 23.0 Å². The quantitative estimate of drug-likeness (QED) is 0.190. The zero-order chi connectivity index (χ0) is 31.4. The first-order valence-electron chi connectivity index (χ1n) is 13.7. The number of halogens is 2. The molecule has 44 heavy (non-hydrogen) atoms. The number of benzene rings is 4. The number of hydrogen-bond donors (Lipinski definition) is 3. The SMILES string of the molecule is Cc1c(-c2cc(C(=O)NC3(c4ccccc4)CC3)ccc2F)c(NS(C)(=O)=O)cc2oc(-c3ccc(F)cc3)c(C(N)=O)c12. The van der Waals surface area contributed by atoms with Crippen molar-refractivity contribution in [2.24, 2.45) is 5.73 Å². The standard InChI is InChI=1S/C33H27F2N3O5S/c1-18-27(23-16-20(10-13-24(23)35)32(40)37-33(14-15-33)21-6-4-3-5-7-21)25(38-44(2,41)42)17-26-28(18)29(31(36)39)30(43-26)19-8-11-22(34)12-9-19/h3-13,16-17,38H,14-15H2,1-2H3,(H2,36,39)(H,37,40). The van der Waals surface area contributed by atoms with Crippen molar-refractivity contribution in [2.75, 3.05) is 11.0 Å². The van der Waals surface area contributed by atoms with Gasteiger partial charge in [0.1, 0.15) is 23.0 Å². The van der Waals surface area contributed by atoms with Gasteiger partial charge in [0.2, 0.25) is 10.0 Å². The van der Waals surface area contributed by atoms with Crippen LogP contribution in [0.1, 0.15) is 44.7 Å². The first-order chi connectivity index (χ1) is 20.9. The lowest BCUT2D eigenvalue weighted by molar-refractivity contribution is 0.0929. The van der Waals surface area contributed by atoms with E-state index in [1.807, 2.05) is 30.3 Å².